The maximum atomic E-state index is 3.25. The summed E-state index contributed by atoms with van der Waals surface area (Å²) >= 11 is 0. The summed E-state index contributed by atoms with van der Waals surface area (Å²) in [6.45, 7) is 12.8. The van der Waals surface area contributed by atoms with Gasteiger partial charge in [0.1, 0.15) is 0 Å². The Balaban J connectivity index is 2.84. The highest BCUT2D eigenvalue weighted by Gasteiger charge is 2.04. The molecule has 0 N–H and O–H groups in total. The zero-order valence-corrected chi connectivity index (χ0v) is 11.7. The van der Waals surface area contributed by atoms with Crippen molar-refractivity contribution in [2.45, 2.75) is 34.6 Å². The van der Waals surface area contributed by atoms with E-state index in [4.69, 9.17) is 0 Å². The fraction of sp³-hybridized carbons (Fsp3) is 0.500. The van der Waals surface area contributed by atoms with Gasteiger partial charge in [-0.3, -0.25) is 0 Å². The number of anilines is 1. The molecule has 0 amide bonds. The summed E-state index contributed by atoms with van der Waals surface area (Å²) < 4.78 is 0. The predicted molar refractivity (Wildman–Crippen MR) is 76.3 cm³/mol. The summed E-state index contributed by atoms with van der Waals surface area (Å²) in [5.41, 5.74) is 2.43. The van der Waals surface area contributed by atoms with Crippen LogP contribution in [0.2, 0.25) is 0 Å². The molecule has 0 aliphatic heterocycles. The van der Waals surface area contributed by atoms with Crippen molar-refractivity contribution in [1.29, 1.82) is 0 Å². The summed E-state index contributed by atoms with van der Waals surface area (Å²) in [5, 5.41) is 0. The van der Waals surface area contributed by atoms with E-state index in [1.54, 1.807) is 0 Å². The van der Waals surface area contributed by atoms with Gasteiger partial charge in [0.15, 0.2) is 0 Å². The lowest BCUT2D eigenvalue weighted by atomic mass is 9.97. The van der Waals surface area contributed by atoms with Crippen LogP contribution in [0.25, 0.3) is 0 Å². The Morgan fingerprint density at radius 3 is 1.94 bits per heavy atom. The van der Waals surface area contributed by atoms with Gasteiger partial charge in [-0.05, 0) is 58.9 Å². The Morgan fingerprint density at radius 1 is 1.00 bits per heavy atom. The second-order valence-corrected chi connectivity index (χ2v) is 5.22. The van der Waals surface area contributed by atoms with E-state index in [1.165, 1.54) is 5.69 Å². The second kappa shape index (κ2) is 5.77. The Bertz CT molecular complexity index is 394. The van der Waals surface area contributed by atoms with Crippen LogP contribution in [0.15, 0.2) is 24.3 Å². The van der Waals surface area contributed by atoms with Gasteiger partial charge in [0.05, 0.1) is 0 Å². The number of hydrogen-bond acceptors (Lipinski definition) is 1. The van der Waals surface area contributed by atoms with Gasteiger partial charge in [0, 0.05) is 29.8 Å². The van der Waals surface area contributed by atoms with Crippen LogP contribution in [0.4, 0.5) is 5.69 Å². The monoisotopic (exact) mass is 229 g/mol. The molecule has 0 aliphatic carbocycles. The average molecular weight is 229 g/mol. The summed E-state index contributed by atoms with van der Waals surface area (Å²) in [6, 6.07) is 8.51. The third-order valence-electron chi connectivity index (χ3n) is 2.58. The Morgan fingerprint density at radius 2 is 1.53 bits per heavy atom. The standard InChI is InChI=1S/C16H23N/c1-6-17(7-2)15-10-8-14(9-11-15)12-13-16(3,4)5/h8-11H,6-7H2,1-5H3. The first-order valence-corrected chi connectivity index (χ1v) is 6.34. The van der Waals surface area contributed by atoms with E-state index in [-0.39, 0.29) is 5.41 Å². The van der Waals surface area contributed by atoms with Gasteiger partial charge in [0.2, 0.25) is 0 Å². The highest BCUT2D eigenvalue weighted by molar-refractivity contribution is 5.50. The minimum absolute atomic E-state index is 0.0670. The van der Waals surface area contributed by atoms with Crippen molar-refractivity contribution >= 4 is 5.69 Å². The number of rotatable bonds is 3. The molecule has 1 aromatic rings. The molecule has 0 fully saturated rings. The molecular weight excluding hydrogens is 206 g/mol. The van der Waals surface area contributed by atoms with E-state index in [9.17, 15) is 0 Å². The van der Waals surface area contributed by atoms with Crippen LogP contribution in [-0.4, -0.2) is 13.1 Å². The third kappa shape index (κ3) is 4.53. The summed E-state index contributed by atoms with van der Waals surface area (Å²) in [4.78, 5) is 2.33. The van der Waals surface area contributed by atoms with Gasteiger partial charge in [-0.25, -0.2) is 0 Å². The molecular formula is C16H23N. The van der Waals surface area contributed by atoms with Gasteiger partial charge in [-0.2, -0.15) is 0 Å². The lowest BCUT2D eigenvalue weighted by Crippen LogP contribution is -2.21. The van der Waals surface area contributed by atoms with E-state index in [1.807, 2.05) is 0 Å². The van der Waals surface area contributed by atoms with Crippen molar-refractivity contribution in [3.05, 3.63) is 29.8 Å². The molecule has 0 radical (unpaired) electrons. The Labute approximate surface area is 106 Å². The first-order valence-electron chi connectivity index (χ1n) is 6.34. The molecule has 0 heterocycles. The van der Waals surface area contributed by atoms with Crippen LogP contribution < -0.4 is 4.90 Å². The largest absolute Gasteiger partial charge is 0.372 e. The van der Waals surface area contributed by atoms with Crippen molar-refractivity contribution in [1.82, 2.24) is 0 Å². The molecule has 1 nitrogen and oxygen atoms in total. The Hall–Kier alpha value is -1.42. The molecule has 0 unspecified atom stereocenters. The second-order valence-electron chi connectivity index (χ2n) is 5.22. The van der Waals surface area contributed by atoms with Crippen LogP contribution in [0, 0.1) is 17.3 Å². The van der Waals surface area contributed by atoms with Crippen LogP contribution >= 0.6 is 0 Å². The van der Waals surface area contributed by atoms with Crippen LogP contribution in [0.5, 0.6) is 0 Å². The quantitative estimate of drug-likeness (QED) is 0.710. The first kappa shape index (κ1) is 13.6. The molecule has 0 aromatic heterocycles. The van der Waals surface area contributed by atoms with Crippen LogP contribution in [0.3, 0.4) is 0 Å². The zero-order valence-electron chi connectivity index (χ0n) is 11.7. The number of nitrogens with zero attached hydrogens (tertiary/aromatic N) is 1. The van der Waals surface area contributed by atoms with Crippen LogP contribution in [0.1, 0.15) is 40.2 Å². The van der Waals surface area contributed by atoms with Crippen molar-refractivity contribution in [2.75, 3.05) is 18.0 Å². The molecule has 0 bridgehead atoms. The molecule has 17 heavy (non-hydrogen) atoms. The average Bonchev–Trinajstić information content (AvgIpc) is 2.29. The highest BCUT2D eigenvalue weighted by Crippen LogP contribution is 2.15. The van der Waals surface area contributed by atoms with Gasteiger partial charge in [0.25, 0.3) is 0 Å². The fourth-order valence-corrected chi connectivity index (χ4v) is 1.60. The van der Waals surface area contributed by atoms with Crippen molar-refractivity contribution in [2.24, 2.45) is 5.41 Å². The smallest absolute Gasteiger partial charge is 0.0366 e. The topological polar surface area (TPSA) is 3.24 Å². The summed E-state index contributed by atoms with van der Waals surface area (Å²) in [6.07, 6.45) is 0. The van der Waals surface area contributed by atoms with Gasteiger partial charge in [-0.15, -0.1) is 0 Å². The van der Waals surface area contributed by atoms with E-state index in [0.29, 0.717) is 0 Å². The van der Waals surface area contributed by atoms with Gasteiger partial charge in [-0.1, -0.05) is 11.8 Å². The normalized spacial score (nSPS) is 10.6. The van der Waals surface area contributed by atoms with E-state index >= 15 is 0 Å². The number of benzene rings is 1. The molecule has 0 aliphatic rings. The third-order valence-corrected chi connectivity index (χ3v) is 2.58. The van der Waals surface area contributed by atoms with Crippen molar-refractivity contribution in [3.8, 4) is 11.8 Å². The molecule has 0 atom stereocenters. The van der Waals surface area contributed by atoms with E-state index < -0.39 is 0 Å². The molecule has 0 saturated heterocycles. The minimum Gasteiger partial charge on any atom is -0.372 e. The molecule has 1 rings (SSSR count). The Kier molecular flexibility index (Phi) is 4.63. The summed E-state index contributed by atoms with van der Waals surface area (Å²) in [7, 11) is 0. The highest BCUT2D eigenvalue weighted by atomic mass is 15.1. The van der Waals surface area contributed by atoms with Gasteiger partial charge < -0.3 is 4.90 Å². The van der Waals surface area contributed by atoms with Crippen molar-refractivity contribution in [3.63, 3.8) is 0 Å². The molecule has 0 saturated carbocycles. The molecule has 0 spiro atoms. The van der Waals surface area contributed by atoms with Crippen molar-refractivity contribution < 1.29 is 0 Å². The van der Waals surface area contributed by atoms with Crippen LogP contribution in [-0.2, 0) is 0 Å². The van der Waals surface area contributed by atoms with E-state index in [2.05, 4.69) is 75.6 Å². The van der Waals surface area contributed by atoms with E-state index in [0.717, 1.165) is 18.7 Å². The lowest BCUT2D eigenvalue weighted by molar-refractivity contribution is 0.571. The maximum Gasteiger partial charge on any atom is 0.0366 e. The summed E-state index contributed by atoms with van der Waals surface area (Å²) in [5.74, 6) is 6.47. The fourth-order valence-electron chi connectivity index (χ4n) is 1.60. The zero-order chi connectivity index (χ0) is 12.9. The first-order chi connectivity index (χ1) is 7.96. The van der Waals surface area contributed by atoms with Gasteiger partial charge >= 0.3 is 0 Å². The molecule has 1 aromatic carbocycles. The molecule has 1 heteroatoms. The predicted octanol–water partition coefficient (Wildman–Crippen LogP) is 3.93. The minimum atomic E-state index is 0.0670. The SMILES string of the molecule is CCN(CC)c1ccc(C#CC(C)(C)C)cc1. The molecule has 92 valence electrons. The maximum absolute atomic E-state index is 3.25. The number of hydrogen-bond donors (Lipinski definition) is 0. The lowest BCUT2D eigenvalue weighted by Gasteiger charge is -2.20.